The number of rotatable bonds is 1. The van der Waals surface area contributed by atoms with Gasteiger partial charge in [0.1, 0.15) is 17.6 Å². The van der Waals surface area contributed by atoms with Crippen LogP contribution in [-0.4, -0.2) is 10.9 Å². The number of anilines is 2. The van der Waals surface area contributed by atoms with Gasteiger partial charge >= 0.3 is 0 Å². The number of carbonyl (C=O) groups is 1. The van der Waals surface area contributed by atoms with E-state index in [1.165, 1.54) is 17.0 Å². The summed E-state index contributed by atoms with van der Waals surface area (Å²) in [6, 6.07) is 9.66. The van der Waals surface area contributed by atoms with Crippen LogP contribution in [0.2, 0.25) is 5.02 Å². The third-order valence-corrected chi connectivity index (χ3v) is 5.22. The number of pyridine rings is 1. The zero-order valence-electron chi connectivity index (χ0n) is 12.7. The molecule has 0 radical (unpaired) electrons. The lowest BCUT2D eigenvalue weighted by molar-refractivity contribution is -0.122. The minimum Gasteiger partial charge on any atom is -0.278 e. The molecule has 1 spiro atoms. The molecule has 4 rings (SSSR count). The van der Waals surface area contributed by atoms with E-state index in [4.69, 9.17) is 16.9 Å². The molecule has 1 aliphatic heterocycles. The quantitative estimate of drug-likeness (QED) is 0.779. The first kappa shape index (κ1) is 15.1. The van der Waals surface area contributed by atoms with E-state index in [1.807, 2.05) is 6.07 Å². The topological polar surface area (TPSA) is 57.0 Å². The lowest BCUT2D eigenvalue weighted by Crippen LogP contribution is -2.36. The standard InChI is InChI=1S/C18H13ClFN3O/c19-13-5-4-12(9-14(13)20)23-15-6-3-11(10-21)22-16(15)18(17(23)24)7-1-2-8-18/h3-6,9H,1-2,7-8H2. The highest BCUT2D eigenvalue weighted by atomic mass is 35.5. The van der Waals surface area contributed by atoms with Crippen LogP contribution in [0.3, 0.4) is 0 Å². The van der Waals surface area contributed by atoms with E-state index in [-0.39, 0.29) is 16.6 Å². The van der Waals surface area contributed by atoms with Gasteiger partial charge in [0, 0.05) is 0 Å². The summed E-state index contributed by atoms with van der Waals surface area (Å²) in [6.45, 7) is 0. The molecule has 0 unspecified atom stereocenters. The van der Waals surface area contributed by atoms with Gasteiger partial charge in [-0.15, -0.1) is 0 Å². The Morgan fingerprint density at radius 2 is 2.00 bits per heavy atom. The average molecular weight is 342 g/mol. The van der Waals surface area contributed by atoms with Crippen molar-refractivity contribution in [3.05, 3.63) is 52.6 Å². The molecule has 2 heterocycles. The Morgan fingerprint density at radius 1 is 1.25 bits per heavy atom. The first-order valence-corrected chi connectivity index (χ1v) is 8.16. The fourth-order valence-electron chi connectivity index (χ4n) is 3.78. The smallest absolute Gasteiger partial charge is 0.243 e. The predicted molar refractivity (Wildman–Crippen MR) is 87.7 cm³/mol. The van der Waals surface area contributed by atoms with Gasteiger partial charge in [0.15, 0.2) is 0 Å². The van der Waals surface area contributed by atoms with Crippen molar-refractivity contribution in [2.75, 3.05) is 4.90 Å². The Bertz CT molecular complexity index is 900. The Kier molecular flexibility index (Phi) is 3.33. The number of nitriles is 1. The van der Waals surface area contributed by atoms with Crippen molar-refractivity contribution in [1.82, 2.24) is 4.98 Å². The molecular formula is C18H13ClFN3O. The first-order chi connectivity index (χ1) is 11.6. The molecule has 2 aliphatic rings. The number of hydrogen-bond donors (Lipinski definition) is 0. The van der Waals surface area contributed by atoms with E-state index in [0.717, 1.165) is 12.8 Å². The van der Waals surface area contributed by atoms with Crippen LogP contribution >= 0.6 is 11.6 Å². The maximum atomic E-state index is 13.9. The van der Waals surface area contributed by atoms with Crippen molar-refractivity contribution in [2.24, 2.45) is 0 Å². The number of nitrogens with zero attached hydrogens (tertiary/aromatic N) is 3. The molecule has 1 fully saturated rings. The molecule has 0 saturated heterocycles. The second kappa shape index (κ2) is 5.29. The van der Waals surface area contributed by atoms with Crippen LogP contribution in [0.1, 0.15) is 37.1 Å². The van der Waals surface area contributed by atoms with Crippen LogP contribution in [0.4, 0.5) is 15.8 Å². The maximum absolute atomic E-state index is 13.9. The number of amides is 1. The van der Waals surface area contributed by atoms with Gasteiger partial charge in [-0.3, -0.25) is 9.69 Å². The number of carbonyl (C=O) groups excluding carboxylic acids is 1. The van der Waals surface area contributed by atoms with E-state index < -0.39 is 11.2 Å². The summed E-state index contributed by atoms with van der Waals surface area (Å²) in [7, 11) is 0. The zero-order chi connectivity index (χ0) is 16.9. The van der Waals surface area contributed by atoms with E-state index in [2.05, 4.69) is 4.98 Å². The number of aromatic nitrogens is 1. The molecule has 0 bridgehead atoms. The van der Waals surface area contributed by atoms with Crippen LogP contribution in [0.25, 0.3) is 0 Å². The van der Waals surface area contributed by atoms with E-state index >= 15 is 0 Å². The number of fused-ring (bicyclic) bond motifs is 2. The normalized spacial score (nSPS) is 18.0. The monoisotopic (exact) mass is 341 g/mol. The lowest BCUT2D eigenvalue weighted by atomic mass is 9.83. The summed E-state index contributed by atoms with van der Waals surface area (Å²) in [5.41, 5.74) is 1.29. The summed E-state index contributed by atoms with van der Waals surface area (Å²) < 4.78 is 13.9. The number of hydrogen-bond acceptors (Lipinski definition) is 3. The van der Waals surface area contributed by atoms with Gasteiger partial charge < -0.3 is 0 Å². The zero-order valence-corrected chi connectivity index (χ0v) is 13.5. The molecule has 2 aromatic rings. The molecule has 1 aromatic carbocycles. The summed E-state index contributed by atoms with van der Waals surface area (Å²) in [6.07, 6.45) is 3.28. The molecule has 6 heteroatoms. The second-order valence-electron chi connectivity index (χ2n) is 6.20. The highest BCUT2D eigenvalue weighted by Gasteiger charge is 2.54. The Hall–Kier alpha value is -2.45. The molecule has 1 amide bonds. The summed E-state index contributed by atoms with van der Waals surface area (Å²) in [5, 5.41) is 9.15. The van der Waals surface area contributed by atoms with E-state index in [0.29, 0.717) is 29.9 Å². The Balaban J connectivity index is 1.93. The average Bonchev–Trinajstić information content (AvgIpc) is 3.17. The third kappa shape index (κ3) is 1.96. The van der Waals surface area contributed by atoms with Crippen molar-refractivity contribution < 1.29 is 9.18 Å². The predicted octanol–water partition coefficient (Wildman–Crippen LogP) is 4.24. The van der Waals surface area contributed by atoms with Crippen molar-refractivity contribution in [1.29, 1.82) is 5.26 Å². The summed E-state index contributed by atoms with van der Waals surface area (Å²) in [4.78, 5) is 19.2. The summed E-state index contributed by atoms with van der Waals surface area (Å²) >= 11 is 5.76. The number of halogens is 2. The highest BCUT2D eigenvalue weighted by Crippen LogP contribution is 2.52. The lowest BCUT2D eigenvalue weighted by Gasteiger charge is -2.23. The van der Waals surface area contributed by atoms with E-state index in [1.54, 1.807) is 18.2 Å². The van der Waals surface area contributed by atoms with Gasteiger partial charge in [-0.2, -0.15) is 5.26 Å². The van der Waals surface area contributed by atoms with Crippen molar-refractivity contribution in [3.8, 4) is 6.07 Å². The van der Waals surface area contributed by atoms with Gasteiger partial charge in [-0.1, -0.05) is 24.4 Å². The van der Waals surface area contributed by atoms with Gasteiger partial charge in [0.2, 0.25) is 5.91 Å². The number of benzene rings is 1. The van der Waals surface area contributed by atoms with E-state index in [9.17, 15) is 9.18 Å². The fraction of sp³-hybridized carbons (Fsp3) is 0.278. The van der Waals surface area contributed by atoms with Crippen LogP contribution < -0.4 is 4.90 Å². The molecule has 0 atom stereocenters. The highest BCUT2D eigenvalue weighted by molar-refractivity contribution is 6.30. The van der Waals surface area contributed by atoms with Crippen molar-refractivity contribution >= 4 is 28.9 Å². The van der Waals surface area contributed by atoms with Crippen LogP contribution in [0.15, 0.2) is 30.3 Å². The molecule has 4 nitrogen and oxygen atoms in total. The molecule has 24 heavy (non-hydrogen) atoms. The minimum absolute atomic E-state index is 0.0131. The maximum Gasteiger partial charge on any atom is 0.243 e. The van der Waals surface area contributed by atoms with Gasteiger partial charge in [0.05, 0.1) is 27.5 Å². The molecular weight excluding hydrogens is 329 g/mol. The Labute approximate surface area is 143 Å². The minimum atomic E-state index is -0.696. The van der Waals surface area contributed by atoms with Gasteiger partial charge in [-0.05, 0) is 43.2 Å². The Morgan fingerprint density at radius 3 is 2.67 bits per heavy atom. The largest absolute Gasteiger partial charge is 0.278 e. The van der Waals surface area contributed by atoms with Gasteiger partial charge in [0.25, 0.3) is 0 Å². The first-order valence-electron chi connectivity index (χ1n) is 7.78. The van der Waals surface area contributed by atoms with Crippen LogP contribution in [0, 0.1) is 17.1 Å². The SMILES string of the molecule is N#Cc1ccc2c(n1)C1(CCCC1)C(=O)N2c1ccc(Cl)c(F)c1. The molecule has 0 N–H and O–H groups in total. The summed E-state index contributed by atoms with van der Waals surface area (Å²) in [5.74, 6) is -0.670. The fourth-order valence-corrected chi connectivity index (χ4v) is 3.90. The van der Waals surface area contributed by atoms with Crippen molar-refractivity contribution in [3.63, 3.8) is 0 Å². The molecule has 1 saturated carbocycles. The second-order valence-corrected chi connectivity index (χ2v) is 6.61. The molecule has 120 valence electrons. The van der Waals surface area contributed by atoms with Crippen molar-refractivity contribution in [2.45, 2.75) is 31.1 Å². The van der Waals surface area contributed by atoms with Gasteiger partial charge in [-0.25, -0.2) is 9.37 Å². The van der Waals surface area contributed by atoms with Crippen LogP contribution in [-0.2, 0) is 10.2 Å². The molecule has 1 aliphatic carbocycles. The van der Waals surface area contributed by atoms with Crippen LogP contribution in [0.5, 0.6) is 0 Å². The third-order valence-electron chi connectivity index (χ3n) is 4.91. The molecule has 1 aromatic heterocycles.